The summed E-state index contributed by atoms with van der Waals surface area (Å²) in [5.74, 6) is 1.49. The summed E-state index contributed by atoms with van der Waals surface area (Å²) < 4.78 is 44.0. The maximum atomic E-state index is 12.7. The van der Waals surface area contributed by atoms with Gasteiger partial charge in [0.25, 0.3) is 0 Å². The Morgan fingerprint density at radius 2 is 2.00 bits per heavy atom. The van der Waals surface area contributed by atoms with Crippen LogP contribution < -0.4 is 19.5 Å². The minimum Gasteiger partial charge on any atom is -0.454 e. The number of sulfonamides is 1. The first-order valence-corrected chi connectivity index (χ1v) is 12.1. The van der Waals surface area contributed by atoms with Crippen LogP contribution in [0.1, 0.15) is 35.2 Å². The van der Waals surface area contributed by atoms with Crippen molar-refractivity contribution in [3.63, 3.8) is 0 Å². The fourth-order valence-corrected chi connectivity index (χ4v) is 5.20. The molecular formula is C21H21N3O6S2. The summed E-state index contributed by atoms with van der Waals surface area (Å²) >= 11 is 1.11. The van der Waals surface area contributed by atoms with Gasteiger partial charge in [-0.1, -0.05) is 18.1 Å². The molecule has 0 radical (unpaired) electrons. The number of benzene rings is 1. The van der Waals surface area contributed by atoms with Gasteiger partial charge in [0.15, 0.2) is 17.3 Å². The van der Waals surface area contributed by atoms with Crippen LogP contribution in [0.5, 0.6) is 11.5 Å². The summed E-state index contributed by atoms with van der Waals surface area (Å²) in [5.41, 5.74) is 1.83. The molecule has 9 nitrogen and oxygen atoms in total. The van der Waals surface area contributed by atoms with E-state index in [0.29, 0.717) is 39.9 Å². The second-order valence-electron chi connectivity index (χ2n) is 6.91. The molecule has 0 saturated carbocycles. The Kier molecular flexibility index (Phi) is 6.31. The highest BCUT2D eigenvalue weighted by atomic mass is 32.2. The van der Waals surface area contributed by atoms with Crippen molar-refractivity contribution in [3.05, 3.63) is 52.2 Å². The van der Waals surface area contributed by atoms with Gasteiger partial charge < -0.3 is 19.3 Å². The lowest BCUT2D eigenvalue weighted by Gasteiger charge is -2.05. The Morgan fingerprint density at radius 1 is 1.19 bits per heavy atom. The maximum absolute atomic E-state index is 12.7. The molecule has 0 atom stereocenters. The van der Waals surface area contributed by atoms with Crippen LogP contribution in [-0.4, -0.2) is 26.3 Å². The number of aromatic nitrogens is 1. The van der Waals surface area contributed by atoms with Gasteiger partial charge in [0, 0.05) is 17.8 Å². The molecule has 0 unspecified atom stereocenters. The molecule has 1 aromatic carbocycles. The number of thiophene rings is 1. The first-order chi connectivity index (χ1) is 15.4. The summed E-state index contributed by atoms with van der Waals surface area (Å²) in [4.78, 5) is 12.4. The second kappa shape index (κ2) is 9.15. The lowest BCUT2D eigenvalue weighted by Crippen LogP contribution is -2.22. The number of anilines is 1. The summed E-state index contributed by atoms with van der Waals surface area (Å²) in [6.45, 7) is 3.77. The fraction of sp³-hybridized carbons (Fsp3) is 0.238. The van der Waals surface area contributed by atoms with Gasteiger partial charge in [-0.2, -0.15) is 0 Å². The number of carbonyl (C=O) groups excluding carboxylic acids is 1. The maximum Gasteiger partial charge on any atom is 0.250 e. The molecule has 0 bridgehead atoms. The van der Waals surface area contributed by atoms with Crippen LogP contribution in [0.15, 0.2) is 39.1 Å². The number of carbonyl (C=O) groups is 1. The van der Waals surface area contributed by atoms with Crippen LogP contribution in [-0.2, 0) is 21.4 Å². The van der Waals surface area contributed by atoms with Crippen molar-refractivity contribution in [2.75, 3.05) is 12.1 Å². The zero-order valence-electron chi connectivity index (χ0n) is 17.4. The third-order valence-electron chi connectivity index (χ3n) is 4.64. The predicted molar refractivity (Wildman–Crippen MR) is 120 cm³/mol. The number of hydrogen-bond donors (Lipinski definition) is 2. The van der Waals surface area contributed by atoms with Gasteiger partial charge >= 0.3 is 0 Å². The third kappa shape index (κ3) is 4.85. The van der Waals surface area contributed by atoms with E-state index in [1.54, 1.807) is 50.3 Å². The number of ether oxygens (including phenoxy) is 2. The average Bonchev–Trinajstić information content (AvgIpc) is 3.52. The Hall–Kier alpha value is -3.15. The summed E-state index contributed by atoms with van der Waals surface area (Å²) in [5, 5.41) is 6.63. The monoisotopic (exact) mass is 475 g/mol. The molecule has 11 heteroatoms. The summed E-state index contributed by atoms with van der Waals surface area (Å²) in [6.07, 6.45) is 3.69. The van der Waals surface area contributed by atoms with Crippen molar-refractivity contribution in [2.45, 2.75) is 31.0 Å². The molecule has 0 spiro atoms. The Balaban J connectivity index is 1.43. The van der Waals surface area contributed by atoms with Gasteiger partial charge in [-0.3, -0.25) is 4.79 Å². The third-order valence-corrected chi connectivity index (χ3v) is 7.59. The Morgan fingerprint density at radius 3 is 2.81 bits per heavy atom. The molecule has 3 aromatic rings. The highest BCUT2D eigenvalue weighted by Crippen LogP contribution is 2.32. The van der Waals surface area contributed by atoms with Crippen LogP contribution in [0.25, 0.3) is 12.2 Å². The SMILES string of the molecule is CCC(=O)Nc1c(C)noc1/C=C/c1ccc(S(=O)(=O)NCc2ccc3c(c2)OCO3)s1. The van der Waals surface area contributed by atoms with Crippen molar-refractivity contribution in [1.82, 2.24) is 9.88 Å². The highest BCUT2D eigenvalue weighted by Gasteiger charge is 2.18. The van der Waals surface area contributed by atoms with E-state index in [-0.39, 0.29) is 23.5 Å². The molecule has 4 rings (SSSR count). The molecule has 32 heavy (non-hydrogen) atoms. The van der Waals surface area contributed by atoms with E-state index in [2.05, 4.69) is 15.2 Å². The van der Waals surface area contributed by atoms with E-state index in [0.717, 1.165) is 16.9 Å². The van der Waals surface area contributed by atoms with Crippen LogP contribution in [0.3, 0.4) is 0 Å². The van der Waals surface area contributed by atoms with E-state index in [9.17, 15) is 13.2 Å². The topological polar surface area (TPSA) is 120 Å². The smallest absolute Gasteiger partial charge is 0.250 e. The number of hydrogen-bond acceptors (Lipinski definition) is 8. The number of amides is 1. The zero-order valence-corrected chi connectivity index (χ0v) is 19.0. The zero-order chi connectivity index (χ0) is 22.7. The number of nitrogens with zero attached hydrogens (tertiary/aromatic N) is 1. The van der Waals surface area contributed by atoms with Crippen LogP contribution in [0.2, 0.25) is 0 Å². The number of rotatable bonds is 8. The summed E-state index contributed by atoms with van der Waals surface area (Å²) in [7, 11) is -3.69. The lowest BCUT2D eigenvalue weighted by atomic mass is 10.2. The first-order valence-electron chi connectivity index (χ1n) is 9.78. The first kappa shape index (κ1) is 22.1. The second-order valence-corrected chi connectivity index (χ2v) is 10.0. The van der Waals surface area contributed by atoms with Crippen molar-refractivity contribution in [2.24, 2.45) is 0 Å². The average molecular weight is 476 g/mol. The minimum atomic E-state index is -3.69. The van der Waals surface area contributed by atoms with Gasteiger partial charge in [0.1, 0.15) is 15.6 Å². The normalized spacial score (nSPS) is 13.1. The van der Waals surface area contributed by atoms with Crippen LogP contribution >= 0.6 is 11.3 Å². The predicted octanol–water partition coefficient (Wildman–Crippen LogP) is 3.77. The molecule has 1 amide bonds. The lowest BCUT2D eigenvalue weighted by molar-refractivity contribution is -0.115. The van der Waals surface area contributed by atoms with E-state index in [1.807, 2.05) is 0 Å². The van der Waals surface area contributed by atoms with Crippen molar-refractivity contribution in [3.8, 4) is 11.5 Å². The van der Waals surface area contributed by atoms with Crippen molar-refractivity contribution in [1.29, 1.82) is 0 Å². The van der Waals surface area contributed by atoms with Crippen LogP contribution in [0, 0.1) is 6.92 Å². The minimum absolute atomic E-state index is 0.125. The molecule has 2 N–H and O–H groups in total. The van der Waals surface area contributed by atoms with E-state index in [1.165, 1.54) is 6.07 Å². The Labute approximate surface area is 189 Å². The number of nitrogens with one attached hydrogen (secondary N) is 2. The Bertz CT molecular complexity index is 1280. The molecule has 1 aliphatic heterocycles. The molecule has 2 aromatic heterocycles. The van der Waals surface area contributed by atoms with Gasteiger partial charge in [0.05, 0.1) is 0 Å². The van der Waals surface area contributed by atoms with Crippen LogP contribution in [0.4, 0.5) is 5.69 Å². The standard InChI is InChI=1S/C21H21N3O6S2/c1-3-19(25)23-21-13(2)24-30-17(21)8-5-15-6-9-20(31-15)32(26,27)22-11-14-4-7-16-18(10-14)29-12-28-16/h4-10,22H,3,11-12H2,1-2H3,(H,23,25)/b8-5+. The molecule has 168 valence electrons. The van der Waals surface area contributed by atoms with Crippen molar-refractivity contribution >= 4 is 45.1 Å². The van der Waals surface area contributed by atoms with Gasteiger partial charge in [-0.05, 0) is 48.9 Å². The number of aryl methyl sites for hydroxylation is 1. The molecule has 0 saturated heterocycles. The van der Waals surface area contributed by atoms with Gasteiger partial charge in [0.2, 0.25) is 22.7 Å². The molecule has 0 aliphatic carbocycles. The molecule has 3 heterocycles. The van der Waals surface area contributed by atoms with Gasteiger partial charge in [-0.15, -0.1) is 11.3 Å². The van der Waals surface area contributed by atoms with E-state index >= 15 is 0 Å². The van der Waals surface area contributed by atoms with E-state index in [4.69, 9.17) is 14.0 Å². The quantitative estimate of drug-likeness (QED) is 0.509. The largest absolute Gasteiger partial charge is 0.454 e. The van der Waals surface area contributed by atoms with Gasteiger partial charge in [-0.25, -0.2) is 13.1 Å². The summed E-state index contributed by atoms with van der Waals surface area (Å²) in [6, 6.07) is 8.53. The fourth-order valence-electron chi connectivity index (χ4n) is 2.91. The number of fused-ring (bicyclic) bond motifs is 1. The van der Waals surface area contributed by atoms with Crippen molar-refractivity contribution < 1.29 is 27.2 Å². The molecule has 1 aliphatic rings. The molecular weight excluding hydrogens is 454 g/mol. The van der Waals surface area contributed by atoms with E-state index < -0.39 is 10.0 Å². The molecule has 0 fully saturated rings. The highest BCUT2D eigenvalue weighted by molar-refractivity contribution is 7.91.